The van der Waals surface area contributed by atoms with Crippen LogP contribution in [-0.4, -0.2) is 62.1 Å². The summed E-state index contributed by atoms with van der Waals surface area (Å²) >= 11 is 0. The van der Waals surface area contributed by atoms with Gasteiger partial charge in [-0.2, -0.15) is 0 Å². The van der Waals surface area contributed by atoms with Crippen molar-refractivity contribution in [3.63, 3.8) is 0 Å². The number of sulfone groups is 1. The van der Waals surface area contributed by atoms with Gasteiger partial charge in [0.2, 0.25) is 0 Å². The van der Waals surface area contributed by atoms with Crippen LogP contribution in [0.3, 0.4) is 0 Å². The third kappa shape index (κ3) is 4.94. The van der Waals surface area contributed by atoms with Crippen LogP contribution in [0.2, 0.25) is 0 Å². The number of nitrogens with zero attached hydrogens (tertiary/aromatic N) is 2. The first kappa shape index (κ1) is 14.9. The van der Waals surface area contributed by atoms with Crippen molar-refractivity contribution in [3.05, 3.63) is 0 Å². The zero-order valence-corrected chi connectivity index (χ0v) is 12.5. The molecule has 1 rings (SSSR count). The lowest BCUT2D eigenvalue weighted by Gasteiger charge is -2.42. The average Bonchev–Trinajstić information content (AvgIpc) is 2.14. The SMILES string of the molecule is CN(C1CCN(CS(C)(=O)=O)CC1)C(C)(C)C. The van der Waals surface area contributed by atoms with Gasteiger partial charge in [0.05, 0.1) is 0 Å². The van der Waals surface area contributed by atoms with Gasteiger partial charge in [-0.05, 0) is 40.7 Å². The summed E-state index contributed by atoms with van der Waals surface area (Å²) in [7, 11) is -0.714. The van der Waals surface area contributed by atoms with E-state index in [1.807, 2.05) is 4.90 Å². The number of likely N-dealkylation sites (tertiary alicyclic amines) is 1. The smallest absolute Gasteiger partial charge is 0.160 e. The van der Waals surface area contributed by atoms with Gasteiger partial charge >= 0.3 is 0 Å². The van der Waals surface area contributed by atoms with Crippen molar-refractivity contribution < 1.29 is 8.42 Å². The van der Waals surface area contributed by atoms with E-state index in [-0.39, 0.29) is 11.4 Å². The van der Waals surface area contributed by atoms with Crippen molar-refractivity contribution in [2.45, 2.75) is 45.2 Å². The zero-order chi connectivity index (χ0) is 13.3. The van der Waals surface area contributed by atoms with Gasteiger partial charge in [-0.3, -0.25) is 9.80 Å². The molecule has 0 aromatic carbocycles. The molecule has 102 valence electrons. The third-order valence-electron chi connectivity index (χ3n) is 3.58. The molecule has 0 saturated carbocycles. The Morgan fingerprint density at radius 1 is 1.24 bits per heavy atom. The molecule has 0 amide bonds. The van der Waals surface area contributed by atoms with Crippen LogP contribution in [-0.2, 0) is 9.84 Å². The van der Waals surface area contributed by atoms with Crippen molar-refractivity contribution in [1.29, 1.82) is 0 Å². The molecule has 0 aromatic rings. The van der Waals surface area contributed by atoms with Crippen molar-refractivity contribution in [2.75, 3.05) is 32.3 Å². The highest BCUT2D eigenvalue weighted by Crippen LogP contribution is 2.22. The lowest BCUT2D eigenvalue weighted by atomic mass is 9.97. The monoisotopic (exact) mass is 262 g/mol. The number of hydrogen-bond acceptors (Lipinski definition) is 4. The lowest BCUT2D eigenvalue weighted by Crippen LogP contribution is -2.50. The van der Waals surface area contributed by atoms with Crippen molar-refractivity contribution in [1.82, 2.24) is 9.80 Å². The topological polar surface area (TPSA) is 40.6 Å². The molecule has 0 atom stereocenters. The average molecular weight is 262 g/mol. The molecule has 0 N–H and O–H groups in total. The Balaban J connectivity index is 2.46. The molecule has 17 heavy (non-hydrogen) atoms. The summed E-state index contributed by atoms with van der Waals surface area (Å²) in [6.45, 7) is 8.43. The first-order chi connectivity index (χ1) is 7.59. The predicted molar refractivity (Wildman–Crippen MR) is 71.8 cm³/mol. The first-order valence-corrected chi connectivity index (χ1v) is 8.28. The first-order valence-electron chi connectivity index (χ1n) is 6.22. The Kier molecular flexibility index (Phi) is 4.60. The largest absolute Gasteiger partial charge is 0.298 e. The molecule has 1 aliphatic rings. The molecule has 5 heteroatoms. The molecule has 0 aliphatic carbocycles. The second-order valence-corrected chi connectivity index (χ2v) is 8.30. The van der Waals surface area contributed by atoms with E-state index in [1.165, 1.54) is 6.26 Å². The van der Waals surface area contributed by atoms with Gasteiger partial charge in [-0.25, -0.2) is 8.42 Å². The van der Waals surface area contributed by atoms with Gasteiger partial charge in [0.15, 0.2) is 9.84 Å². The van der Waals surface area contributed by atoms with Gasteiger partial charge in [-0.1, -0.05) is 0 Å². The standard InChI is InChI=1S/C12H26N2O2S/c1-12(2,3)13(4)11-6-8-14(9-7-11)10-17(5,15)16/h11H,6-10H2,1-5H3. The van der Waals surface area contributed by atoms with E-state index in [9.17, 15) is 8.42 Å². The predicted octanol–water partition coefficient (Wildman–Crippen LogP) is 1.18. The maximum atomic E-state index is 11.2. The van der Waals surface area contributed by atoms with Crippen LogP contribution in [0.1, 0.15) is 33.6 Å². The molecule has 1 fully saturated rings. The summed E-state index contributed by atoms with van der Waals surface area (Å²) < 4.78 is 22.4. The number of piperidine rings is 1. The molecular weight excluding hydrogens is 236 g/mol. The minimum Gasteiger partial charge on any atom is -0.298 e. The van der Waals surface area contributed by atoms with Gasteiger partial charge in [-0.15, -0.1) is 0 Å². The van der Waals surface area contributed by atoms with E-state index in [0.717, 1.165) is 25.9 Å². The van der Waals surface area contributed by atoms with Crippen LogP contribution in [0.5, 0.6) is 0 Å². The van der Waals surface area contributed by atoms with Gasteiger partial charge in [0.1, 0.15) is 5.88 Å². The maximum Gasteiger partial charge on any atom is 0.160 e. The van der Waals surface area contributed by atoms with Crippen molar-refractivity contribution in [3.8, 4) is 0 Å². The van der Waals surface area contributed by atoms with E-state index in [2.05, 4.69) is 32.7 Å². The highest BCUT2D eigenvalue weighted by atomic mass is 32.2. The molecule has 1 saturated heterocycles. The second kappa shape index (κ2) is 5.24. The molecular formula is C12H26N2O2S. The van der Waals surface area contributed by atoms with Crippen LogP contribution in [0.25, 0.3) is 0 Å². The number of rotatable bonds is 3. The van der Waals surface area contributed by atoms with Crippen molar-refractivity contribution in [2.24, 2.45) is 0 Å². The van der Waals surface area contributed by atoms with E-state index in [4.69, 9.17) is 0 Å². The van der Waals surface area contributed by atoms with Crippen molar-refractivity contribution >= 4 is 9.84 Å². The van der Waals surface area contributed by atoms with E-state index < -0.39 is 9.84 Å². The van der Waals surface area contributed by atoms with Crippen LogP contribution < -0.4 is 0 Å². The minimum absolute atomic E-state index is 0.184. The fraction of sp³-hybridized carbons (Fsp3) is 1.00. The Labute approximate surface area is 106 Å². The summed E-state index contributed by atoms with van der Waals surface area (Å²) in [4.78, 5) is 4.45. The van der Waals surface area contributed by atoms with Crippen LogP contribution in [0.15, 0.2) is 0 Å². The molecule has 1 aliphatic heterocycles. The van der Waals surface area contributed by atoms with E-state index >= 15 is 0 Å². The molecule has 0 spiro atoms. The summed E-state index contributed by atoms with van der Waals surface area (Å²) in [6, 6.07) is 0.575. The highest BCUT2D eigenvalue weighted by molar-refractivity contribution is 7.90. The Hall–Kier alpha value is -0.130. The second-order valence-electron chi connectivity index (χ2n) is 6.19. The number of hydrogen-bond donors (Lipinski definition) is 0. The van der Waals surface area contributed by atoms with Crippen LogP contribution in [0.4, 0.5) is 0 Å². The Morgan fingerprint density at radius 3 is 2.06 bits per heavy atom. The summed E-state index contributed by atoms with van der Waals surface area (Å²) in [5.41, 5.74) is 0.184. The molecule has 0 radical (unpaired) electrons. The fourth-order valence-electron chi connectivity index (χ4n) is 2.32. The molecule has 0 unspecified atom stereocenters. The van der Waals surface area contributed by atoms with E-state index in [0.29, 0.717) is 6.04 Å². The molecule has 0 bridgehead atoms. The molecule has 0 aromatic heterocycles. The normalized spacial score (nSPS) is 21.1. The Bertz CT molecular complexity index is 338. The van der Waals surface area contributed by atoms with Crippen LogP contribution >= 0.6 is 0 Å². The summed E-state index contributed by atoms with van der Waals surface area (Å²) in [5.74, 6) is 0.207. The van der Waals surface area contributed by atoms with Gasteiger partial charge in [0, 0.05) is 30.9 Å². The fourth-order valence-corrected chi connectivity index (χ4v) is 3.24. The van der Waals surface area contributed by atoms with Gasteiger partial charge < -0.3 is 0 Å². The zero-order valence-electron chi connectivity index (χ0n) is 11.7. The highest BCUT2D eigenvalue weighted by Gasteiger charge is 2.29. The van der Waals surface area contributed by atoms with Crippen LogP contribution in [0, 0.1) is 0 Å². The minimum atomic E-state index is -2.88. The summed E-state index contributed by atoms with van der Waals surface area (Å²) in [6.07, 6.45) is 3.42. The molecule has 1 heterocycles. The lowest BCUT2D eigenvalue weighted by molar-refractivity contribution is 0.0692. The van der Waals surface area contributed by atoms with E-state index in [1.54, 1.807) is 0 Å². The summed E-state index contributed by atoms with van der Waals surface area (Å²) in [5, 5.41) is 0. The van der Waals surface area contributed by atoms with Gasteiger partial charge in [0.25, 0.3) is 0 Å². The quantitative estimate of drug-likeness (QED) is 0.766. The third-order valence-corrected chi connectivity index (χ3v) is 4.41. The molecule has 4 nitrogen and oxygen atoms in total. The Morgan fingerprint density at radius 2 is 1.71 bits per heavy atom. The maximum absolute atomic E-state index is 11.2.